The van der Waals surface area contributed by atoms with E-state index in [0.29, 0.717) is 25.3 Å². The molecule has 0 radical (unpaired) electrons. The first-order valence-electron chi connectivity index (χ1n) is 9.80. The summed E-state index contributed by atoms with van der Waals surface area (Å²) < 4.78 is 11.3. The lowest BCUT2D eigenvalue weighted by Gasteiger charge is -2.28. The fraction of sp³-hybridized carbons (Fsp3) is 0.304. The molecule has 4 rings (SSSR count). The standard InChI is InChI=1S/C23H24N2O3S2/c1-23(2,16-7-8-19-20(11-16)28-10-9-27-19)14-24-22(26)18-5-3-4-6-21(18)30-13-17-12-29-15-25-17/h3-8,11-12,15H,9-10,13-14H2,1-2H3,(H,24,26). The van der Waals surface area contributed by atoms with Crippen molar-refractivity contribution in [3.05, 3.63) is 70.2 Å². The van der Waals surface area contributed by atoms with Crippen LogP contribution in [0.3, 0.4) is 0 Å². The zero-order valence-corrected chi connectivity index (χ0v) is 18.6. The Bertz CT molecular complexity index is 1020. The summed E-state index contributed by atoms with van der Waals surface area (Å²) in [5, 5.41) is 5.15. The van der Waals surface area contributed by atoms with Crippen LogP contribution in [-0.4, -0.2) is 30.6 Å². The highest BCUT2D eigenvalue weighted by molar-refractivity contribution is 7.98. The minimum Gasteiger partial charge on any atom is -0.486 e. The Kier molecular flexibility index (Phi) is 6.29. The molecule has 156 valence electrons. The van der Waals surface area contributed by atoms with Crippen molar-refractivity contribution in [3.8, 4) is 11.5 Å². The van der Waals surface area contributed by atoms with Crippen molar-refractivity contribution in [3.63, 3.8) is 0 Å². The monoisotopic (exact) mass is 440 g/mol. The van der Waals surface area contributed by atoms with Crippen LogP contribution >= 0.6 is 23.1 Å². The summed E-state index contributed by atoms with van der Waals surface area (Å²) in [5.41, 5.74) is 4.39. The molecule has 0 atom stereocenters. The second-order valence-corrected chi connectivity index (χ2v) is 9.43. The van der Waals surface area contributed by atoms with Crippen LogP contribution < -0.4 is 14.8 Å². The second kappa shape index (κ2) is 9.10. The van der Waals surface area contributed by atoms with Gasteiger partial charge in [-0.25, -0.2) is 4.98 Å². The predicted molar refractivity (Wildman–Crippen MR) is 121 cm³/mol. The molecule has 0 saturated heterocycles. The fourth-order valence-electron chi connectivity index (χ4n) is 3.20. The molecule has 0 aliphatic carbocycles. The highest BCUT2D eigenvalue weighted by Crippen LogP contribution is 2.35. The van der Waals surface area contributed by atoms with Gasteiger partial charge in [-0.1, -0.05) is 32.0 Å². The van der Waals surface area contributed by atoms with Crippen LogP contribution in [0.1, 0.15) is 35.5 Å². The summed E-state index contributed by atoms with van der Waals surface area (Å²) in [6.45, 7) is 5.87. The molecule has 0 saturated carbocycles. The van der Waals surface area contributed by atoms with Crippen molar-refractivity contribution in [2.75, 3.05) is 19.8 Å². The quantitative estimate of drug-likeness (QED) is 0.529. The number of aromatic nitrogens is 1. The van der Waals surface area contributed by atoms with Crippen LogP contribution in [-0.2, 0) is 11.2 Å². The van der Waals surface area contributed by atoms with Crippen LogP contribution in [0.25, 0.3) is 0 Å². The molecule has 2 aromatic carbocycles. The van der Waals surface area contributed by atoms with Gasteiger partial charge in [0.1, 0.15) is 13.2 Å². The van der Waals surface area contributed by atoms with Gasteiger partial charge in [0.05, 0.1) is 16.8 Å². The van der Waals surface area contributed by atoms with Gasteiger partial charge in [0, 0.05) is 28.0 Å². The van der Waals surface area contributed by atoms with Crippen molar-refractivity contribution in [2.45, 2.75) is 29.9 Å². The number of benzene rings is 2. The number of carbonyl (C=O) groups is 1. The molecule has 5 nitrogen and oxygen atoms in total. The third-order valence-corrected chi connectivity index (χ3v) is 6.75. The fourth-order valence-corrected chi connectivity index (χ4v) is 4.82. The highest BCUT2D eigenvalue weighted by atomic mass is 32.2. The molecule has 1 aliphatic heterocycles. The number of thiazole rings is 1. The zero-order chi connectivity index (χ0) is 21.0. The predicted octanol–water partition coefficient (Wildman–Crippen LogP) is 4.91. The van der Waals surface area contributed by atoms with Crippen LogP contribution in [0.15, 0.2) is 58.3 Å². The average Bonchev–Trinajstić information content (AvgIpc) is 3.30. The largest absolute Gasteiger partial charge is 0.486 e. The summed E-state index contributed by atoms with van der Waals surface area (Å²) in [5.74, 6) is 2.22. The Morgan fingerprint density at radius 3 is 2.77 bits per heavy atom. The van der Waals surface area contributed by atoms with Crippen molar-refractivity contribution in [1.82, 2.24) is 10.3 Å². The number of thioether (sulfide) groups is 1. The molecule has 0 unspecified atom stereocenters. The maximum atomic E-state index is 13.0. The van der Waals surface area contributed by atoms with E-state index in [9.17, 15) is 4.79 Å². The molecule has 3 aromatic rings. The number of ether oxygens (including phenoxy) is 2. The van der Waals surface area contributed by atoms with E-state index in [-0.39, 0.29) is 11.3 Å². The van der Waals surface area contributed by atoms with E-state index in [1.54, 1.807) is 23.1 Å². The van der Waals surface area contributed by atoms with Crippen LogP contribution in [0.4, 0.5) is 0 Å². The smallest absolute Gasteiger partial charge is 0.252 e. The van der Waals surface area contributed by atoms with Crippen LogP contribution in [0.5, 0.6) is 11.5 Å². The highest BCUT2D eigenvalue weighted by Gasteiger charge is 2.25. The van der Waals surface area contributed by atoms with Gasteiger partial charge in [-0.05, 0) is 29.8 Å². The summed E-state index contributed by atoms with van der Waals surface area (Å²) in [6, 6.07) is 13.7. The number of nitrogens with zero attached hydrogens (tertiary/aromatic N) is 1. The van der Waals surface area contributed by atoms with Gasteiger partial charge in [0.2, 0.25) is 0 Å². The molecular weight excluding hydrogens is 416 g/mol. The van der Waals surface area contributed by atoms with E-state index in [0.717, 1.165) is 33.4 Å². The maximum absolute atomic E-state index is 13.0. The first-order valence-corrected chi connectivity index (χ1v) is 11.7. The number of carbonyl (C=O) groups excluding carboxylic acids is 1. The van der Waals surface area contributed by atoms with Crippen molar-refractivity contribution < 1.29 is 14.3 Å². The maximum Gasteiger partial charge on any atom is 0.252 e. The van der Waals surface area contributed by atoms with E-state index in [2.05, 4.69) is 24.1 Å². The van der Waals surface area contributed by atoms with Gasteiger partial charge in [-0.3, -0.25) is 4.79 Å². The first-order chi connectivity index (χ1) is 14.5. The number of amides is 1. The number of rotatable bonds is 7. The Hall–Kier alpha value is -2.51. The molecule has 0 bridgehead atoms. The number of fused-ring (bicyclic) bond motifs is 1. The SMILES string of the molecule is CC(C)(CNC(=O)c1ccccc1SCc1cscn1)c1ccc2c(c1)OCCO2. The lowest BCUT2D eigenvalue weighted by atomic mass is 9.84. The lowest BCUT2D eigenvalue weighted by molar-refractivity contribution is 0.0942. The minimum absolute atomic E-state index is 0.0676. The third kappa shape index (κ3) is 4.79. The Morgan fingerprint density at radius 2 is 1.97 bits per heavy atom. The van der Waals surface area contributed by atoms with Crippen LogP contribution in [0, 0.1) is 0 Å². The molecule has 1 aromatic heterocycles. The van der Waals surface area contributed by atoms with Crippen molar-refractivity contribution in [2.24, 2.45) is 0 Å². The Morgan fingerprint density at radius 1 is 1.17 bits per heavy atom. The molecule has 0 fully saturated rings. The molecule has 1 amide bonds. The van der Waals surface area contributed by atoms with E-state index in [1.165, 1.54) is 0 Å². The molecule has 1 N–H and O–H groups in total. The van der Waals surface area contributed by atoms with E-state index in [1.807, 2.05) is 53.4 Å². The number of hydrogen-bond donors (Lipinski definition) is 1. The Balaban J connectivity index is 1.43. The van der Waals surface area contributed by atoms with Gasteiger partial charge < -0.3 is 14.8 Å². The molecule has 0 spiro atoms. The van der Waals surface area contributed by atoms with Gasteiger partial charge in [-0.2, -0.15) is 0 Å². The first kappa shape index (κ1) is 20.8. The van der Waals surface area contributed by atoms with Gasteiger partial charge in [-0.15, -0.1) is 23.1 Å². The number of nitrogens with one attached hydrogen (secondary N) is 1. The Labute approximate surface area is 184 Å². The summed E-state index contributed by atoms with van der Waals surface area (Å²) in [6.07, 6.45) is 0. The normalized spacial score (nSPS) is 13.1. The average molecular weight is 441 g/mol. The van der Waals surface area contributed by atoms with Crippen molar-refractivity contribution >= 4 is 29.0 Å². The van der Waals surface area contributed by atoms with E-state index < -0.39 is 0 Å². The minimum atomic E-state index is -0.256. The summed E-state index contributed by atoms with van der Waals surface area (Å²) in [4.78, 5) is 18.2. The molecule has 2 heterocycles. The van der Waals surface area contributed by atoms with E-state index >= 15 is 0 Å². The van der Waals surface area contributed by atoms with Gasteiger partial charge >= 0.3 is 0 Å². The van der Waals surface area contributed by atoms with Crippen molar-refractivity contribution in [1.29, 1.82) is 0 Å². The molecule has 1 aliphatic rings. The zero-order valence-electron chi connectivity index (χ0n) is 17.0. The topological polar surface area (TPSA) is 60.5 Å². The third-order valence-electron chi connectivity index (χ3n) is 5.01. The van der Waals surface area contributed by atoms with E-state index in [4.69, 9.17) is 9.47 Å². The van der Waals surface area contributed by atoms with Gasteiger partial charge in [0.15, 0.2) is 11.5 Å². The molecule has 7 heteroatoms. The molecule has 30 heavy (non-hydrogen) atoms. The number of hydrogen-bond acceptors (Lipinski definition) is 6. The molecular formula is C23H24N2O3S2. The second-order valence-electron chi connectivity index (χ2n) is 7.69. The summed E-state index contributed by atoms with van der Waals surface area (Å²) in [7, 11) is 0. The van der Waals surface area contributed by atoms with Crippen LogP contribution in [0.2, 0.25) is 0 Å². The summed E-state index contributed by atoms with van der Waals surface area (Å²) >= 11 is 3.21. The lowest BCUT2D eigenvalue weighted by Crippen LogP contribution is -2.37. The van der Waals surface area contributed by atoms with Gasteiger partial charge in [0.25, 0.3) is 5.91 Å².